The molecule has 0 saturated carbocycles. The molecule has 9 nitrogen and oxygen atoms in total. The number of rotatable bonds is 5. The van der Waals surface area contributed by atoms with Crippen LogP contribution in [0.15, 0.2) is 36.9 Å². The minimum absolute atomic E-state index is 0.364. The summed E-state index contributed by atoms with van der Waals surface area (Å²) in [6.07, 6.45) is -1.77. The molecular weight excluding hydrogens is 343 g/mol. The van der Waals surface area contributed by atoms with E-state index in [1.54, 1.807) is 33.9 Å². The molecule has 0 atom stereocenters. The standard InChI is InChI=1S/C13H10F3N7O2/c14-13(15,16)11-20-12(22-21-11)19-10(24)5-25-9-4-2-1-3-8(9)23-6-17-18-7-23/h1-4,6-7H,5H2,(H2,19,20,21,22,24). The van der Waals surface area contributed by atoms with Crippen LogP contribution in [0, 0.1) is 0 Å². The lowest BCUT2D eigenvalue weighted by Gasteiger charge is -2.10. The molecule has 3 rings (SSSR count). The largest absolute Gasteiger partial charge is 0.482 e. The van der Waals surface area contributed by atoms with Crippen molar-refractivity contribution >= 4 is 11.9 Å². The number of carbonyl (C=O) groups is 1. The molecule has 3 aromatic rings. The van der Waals surface area contributed by atoms with Crippen molar-refractivity contribution in [1.29, 1.82) is 0 Å². The van der Waals surface area contributed by atoms with E-state index in [0.717, 1.165) is 0 Å². The quantitative estimate of drug-likeness (QED) is 0.718. The number of hydrogen-bond acceptors (Lipinski definition) is 6. The maximum absolute atomic E-state index is 12.4. The fraction of sp³-hybridized carbons (Fsp3) is 0.154. The maximum atomic E-state index is 12.4. The molecule has 1 amide bonds. The fourth-order valence-corrected chi connectivity index (χ4v) is 1.87. The first kappa shape index (κ1) is 16.4. The van der Waals surface area contributed by atoms with Crippen LogP contribution < -0.4 is 10.1 Å². The summed E-state index contributed by atoms with van der Waals surface area (Å²) in [6.45, 7) is -0.449. The van der Waals surface area contributed by atoms with Crippen LogP contribution >= 0.6 is 0 Å². The highest BCUT2D eigenvalue weighted by molar-refractivity contribution is 5.90. The van der Waals surface area contributed by atoms with Gasteiger partial charge in [-0.25, -0.2) is 0 Å². The third-order valence-electron chi connectivity index (χ3n) is 2.93. The second kappa shape index (κ2) is 6.59. The van der Waals surface area contributed by atoms with Crippen LogP contribution in [-0.4, -0.2) is 42.5 Å². The van der Waals surface area contributed by atoms with E-state index in [-0.39, 0.29) is 0 Å². The summed E-state index contributed by atoms with van der Waals surface area (Å²) in [7, 11) is 0. The van der Waals surface area contributed by atoms with E-state index in [2.05, 4.69) is 25.6 Å². The molecule has 0 fully saturated rings. The van der Waals surface area contributed by atoms with Crippen molar-refractivity contribution in [2.45, 2.75) is 6.18 Å². The van der Waals surface area contributed by atoms with Crippen molar-refractivity contribution in [2.75, 3.05) is 11.9 Å². The molecular formula is C13H10F3N7O2. The predicted octanol–water partition coefficient (Wildman–Crippen LogP) is 1.42. The number of alkyl halides is 3. The molecule has 12 heteroatoms. The van der Waals surface area contributed by atoms with Crippen LogP contribution in [0.1, 0.15) is 5.82 Å². The molecule has 2 aromatic heterocycles. The summed E-state index contributed by atoms with van der Waals surface area (Å²) in [4.78, 5) is 14.9. The number of ether oxygens (including phenoxy) is 1. The van der Waals surface area contributed by atoms with Gasteiger partial charge >= 0.3 is 6.18 Å². The summed E-state index contributed by atoms with van der Waals surface area (Å²) >= 11 is 0. The van der Waals surface area contributed by atoms with Gasteiger partial charge in [-0.05, 0) is 12.1 Å². The third kappa shape index (κ3) is 3.91. The molecule has 0 unspecified atom stereocenters. The average Bonchev–Trinajstić information content (AvgIpc) is 3.24. The zero-order valence-corrected chi connectivity index (χ0v) is 12.4. The van der Waals surface area contributed by atoms with Crippen molar-refractivity contribution in [1.82, 2.24) is 29.9 Å². The van der Waals surface area contributed by atoms with Crippen LogP contribution in [-0.2, 0) is 11.0 Å². The van der Waals surface area contributed by atoms with Crippen molar-refractivity contribution < 1.29 is 22.7 Å². The number of carbonyl (C=O) groups excluding carboxylic acids is 1. The second-order valence-electron chi connectivity index (χ2n) is 4.68. The van der Waals surface area contributed by atoms with Crippen molar-refractivity contribution in [3.05, 3.63) is 42.7 Å². The van der Waals surface area contributed by atoms with Gasteiger partial charge in [0, 0.05) is 0 Å². The van der Waals surface area contributed by atoms with Crippen molar-refractivity contribution in [3.8, 4) is 11.4 Å². The number of aromatic amines is 1. The van der Waals surface area contributed by atoms with Crippen LogP contribution in [0.5, 0.6) is 5.75 Å². The van der Waals surface area contributed by atoms with Gasteiger partial charge < -0.3 is 4.74 Å². The summed E-state index contributed by atoms with van der Waals surface area (Å²) in [5, 5.41) is 14.4. The van der Waals surface area contributed by atoms with Gasteiger partial charge in [0.15, 0.2) is 6.61 Å². The molecule has 0 radical (unpaired) electrons. The fourth-order valence-electron chi connectivity index (χ4n) is 1.87. The minimum atomic E-state index is -4.68. The highest BCUT2D eigenvalue weighted by Crippen LogP contribution is 2.26. The Morgan fingerprint density at radius 3 is 2.64 bits per heavy atom. The van der Waals surface area contributed by atoms with E-state index in [4.69, 9.17) is 4.74 Å². The number of hydrogen-bond donors (Lipinski definition) is 2. The number of nitrogens with one attached hydrogen (secondary N) is 2. The molecule has 2 heterocycles. The zero-order valence-electron chi connectivity index (χ0n) is 12.4. The highest BCUT2D eigenvalue weighted by Gasteiger charge is 2.35. The maximum Gasteiger partial charge on any atom is 0.451 e. The molecule has 0 aliphatic carbocycles. The molecule has 130 valence electrons. The van der Waals surface area contributed by atoms with E-state index >= 15 is 0 Å². The predicted molar refractivity (Wildman–Crippen MR) is 76.9 cm³/mol. The Balaban J connectivity index is 1.63. The molecule has 0 saturated heterocycles. The summed E-state index contributed by atoms with van der Waals surface area (Å²) < 4.78 is 44.2. The smallest absolute Gasteiger partial charge is 0.451 e. The zero-order chi connectivity index (χ0) is 17.9. The number of aromatic nitrogens is 6. The van der Waals surface area contributed by atoms with Crippen molar-refractivity contribution in [3.63, 3.8) is 0 Å². The van der Waals surface area contributed by atoms with E-state index in [0.29, 0.717) is 11.4 Å². The van der Waals surface area contributed by atoms with Gasteiger partial charge in [0.1, 0.15) is 18.4 Å². The first-order valence-corrected chi connectivity index (χ1v) is 6.80. The molecule has 25 heavy (non-hydrogen) atoms. The first-order chi connectivity index (χ1) is 11.9. The Morgan fingerprint density at radius 2 is 1.96 bits per heavy atom. The molecule has 2 N–H and O–H groups in total. The van der Waals surface area contributed by atoms with Crippen LogP contribution in [0.4, 0.5) is 19.1 Å². The minimum Gasteiger partial charge on any atom is -0.482 e. The Labute approximate surface area is 137 Å². The Morgan fingerprint density at radius 1 is 1.24 bits per heavy atom. The lowest BCUT2D eigenvalue weighted by atomic mass is 10.3. The molecule has 0 spiro atoms. The van der Waals surface area contributed by atoms with Gasteiger partial charge in [0.05, 0.1) is 5.69 Å². The number of halogens is 3. The van der Waals surface area contributed by atoms with Gasteiger partial charge in [-0.2, -0.15) is 18.2 Å². The molecule has 0 aliphatic rings. The Kier molecular flexibility index (Phi) is 4.33. The lowest BCUT2D eigenvalue weighted by Crippen LogP contribution is -2.21. The monoisotopic (exact) mass is 353 g/mol. The van der Waals surface area contributed by atoms with E-state index in [9.17, 15) is 18.0 Å². The number of para-hydroxylation sites is 2. The third-order valence-corrected chi connectivity index (χ3v) is 2.93. The summed E-state index contributed by atoms with van der Waals surface area (Å²) in [5.74, 6) is -2.15. The number of benzene rings is 1. The molecule has 1 aromatic carbocycles. The van der Waals surface area contributed by atoms with Crippen LogP contribution in [0.3, 0.4) is 0 Å². The van der Waals surface area contributed by atoms with E-state index in [1.807, 2.05) is 0 Å². The SMILES string of the molecule is O=C(COc1ccccc1-n1cnnc1)Nc1n[nH]c(C(F)(F)F)n1. The first-order valence-electron chi connectivity index (χ1n) is 6.80. The van der Waals surface area contributed by atoms with Crippen LogP contribution in [0.25, 0.3) is 5.69 Å². The number of H-pyrrole nitrogens is 1. The molecule has 0 bridgehead atoms. The lowest BCUT2D eigenvalue weighted by molar-refractivity contribution is -0.144. The Hall–Kier alpha value is -3.44. The van der Waals surface area contributed by atoms with Gasteiger partial charge in [-0.3, -0.25) is 19.8 Å². The topological polar surface area (TPSA) is 111 Å². The highest BCUT2D eigenvalue weighted by atomic mass is 19.4. The summed E-state index contributed by atoms with van der Waals surface area (Å²) in [6, 6.07) is 6.80. The Bertz CT molecular complexity index is 861. The second-order valence-corrected chi connectivity index (χ2v) is 4.68. The summed E-state index contributed by atoms with van der Waals surface area (Å²) in [5.41, 5.74) is 0.595. The van der Waals surface area contributed by atoms with E-state index < -0.39 is 30.5 Å². The number of amides is 1. The van der Waals surface area contributed by atoms with Gasteiger partial charge in [0.25, 0.3) is 5.91 Å². The van der Waals surface area contributed by atoms with E-state index in [1.165, 1.54) is 12.7 Å². The van der Waals surface area contributed by atoms with Crippen LogP contribution in [0.2, 0.25) is 0 Å². The van der Waals surface area contributed by atoms with Crippen molar-refractivity contribution in [2.24, 2.45) is 0 Å². The molecule has 0 aliphatic heterocycles. The average molecular weight is 353 g/mol. The van der Waals surface area contributed by atoms with Gasteiger partial charge in [-0.15, -0.1) is 15.3 Å². The normalized spacial score (nSPS) is 11.3. The number of nitrogens with zero attached hydrogens (tertiary/aromatic N) is 5. The van der Waals surface area contributed by atoms with Gasteiger partial charge in [-0.1, -0.05) is 12.1 Å². The van der Waals surface area contributed by atoms with Gasteiger partial charge in [0.2, 0.25) is 11.8 Å². The number of anilines is 1.